The Kier molecular flexibility index (Phi) is 6.24. The molecular formula is C18H23NO4S2. The third-order valence-corrected chi connectivity index (χ3v) is 6.45. The lowest BCUT2D eigenvalue weighted by Crippen LogP contribution is -2.22. The molecule has 0 fully saturated rings. The number of carbonyl (C=O) groups excluding carboxylic acids is 1. The highest BCUT2D eigenvalue weighted by Gasteiger charge is 2.21. The molecule has 0 bridgehead atoms. The van der Waals surface area contributed by atoms with Crippen molar-refractivity contribution in [1.82, 2.24) is 5.32 Å². The standard InChI is InChI=1S/C18H23NO4S2/c1-12(2)16-7-5-13(3)11-17(16)23-25(21,22)18-8-6-15(24-18)9-10-19-14(4)20/h5-8,11-12H,9-10H2,1-4H3,(H,19,20). The van der Waals surface area contributed by atoms with Crippen LogP contribution < -0.4 is 9.50 Å². The van der Waals surface area contributed by atoms with Gasteiger partial charge in [0, 0.05) is 18.3 Å². The van der Waals surface area contributed by atoms with Crippen molar-refractivity contribution in [1.29, 1.82) is 0 Å². The molecule has 0 saturated carbocycles. The van der Waals surface area contributed by atoms with E-state index in [2.05, 4.69) is 5.32 Å². The summed E-state index contributed by atoms with van der Waals surface area (Å²) in [7, 11) is -3.88. The van der Waals surface area contributed by atoms with Crippen LogP contribution in [0.4, 0.5) is 0 Å². The number of aryl methyl sites for hydroxylation is 1. The lowest BCUT2D eigenvalue weighted by Gasteiger charge is -2.14. The number of hydrogen-bond donors (Lipinski definition) is 1. The Morgan fingerprint density at radius 2 is 1.96 bits per heavy atom. The molecule has 1 heterocycles. The first-order valence-corrected chi connectivity index (χ1v) is 10.3. The second-order valence-electron chi connectivity index (χ2n) is 6.19. The van der Waals surface area contributed by atoms with Crippen LogP contribution in [0, 0.1) is 6.92 Å². The summed E-state index contributed by atoms with van der Waals surface area (Å²) in [5.41, 5.74) is 1.80. The minimum atomic E-state index is -3.88. The van der Waals surface area contributed by atoms with Crippen LogP contribution in [0.3, 0.4) is 0 Å². The largest absolute Gasteiger partial charge is 0.378 e. The first kappa shape index (κ1) is 19.5. The average molecular weight is 382 g/mol. The number of nitrogens with one attached hydrogen (secondary N) is 1. The molecule has 2 rings (SSSR count). The van der Waals surface area contributed by atoms with Gasteiger partial charge in [-0.15, -0.1) is 11.3 Å². The Morgan fingerprint density at radius 1 is 1.24 bits per heavy atom. The molecule has 5 nitrogen and oxygen atoms in total. The van der Waals surface area contributed by atoms with Gasteiger partial charge >= 0.3 is 10.1 Å². The normalized spacial score (nSPS) is 11.6. The highest BCUT2D eigenvalue weighted by Crippen LogP contribution is 2.31. The highest BCUT2D eigenvalue weighted by atomic mass is 32.3. The van der Waals surface area contributed by atoms with Gasteiger partial charge < -0.3 is 9.50 Å². The molecule has 136 valence electrons. The van der Waals surface area contributed by atoms with Gasteiger partial charge in [0.05, 0.1) is 0 Å². The molecule has 0 aliphatic rings. The maximum Gasteiger partial charge on any atom is 0.348 e. The fourth-order valence-corrected chi connectivity index (χ4v) is 4.60. The predicted octanol–water partition coefficient (Wildman–Crippen LogP) is 3.63. The monoisotopic (exact) mass is 381 g/mol. The lowest BCUT2D eigenvalue weighted by atomic mass is 10.0. The summed E-state index contributed by atoms with van der Waals surface area (Å²) in [5.74, 6) is 0.430. The number of hydrogen-bond acceptors (Lipinski definition) is 5. The predicted molar refractivity (Wildman–Crippen MR) is 99.8 cm³/mol. The first-order chi connectivity index (χ1) is 11.7. The van der Waals surface area contributed by atoms with Crippen molar-refractivity contribution < 1.29 is 17.4 Å². The maximum absolute atomic E-state index is 12.6. The van der Waals surface area contributed by atoms with E-state index in [4.69, 9.17) is 4.18 Å². The van der Waals surface area contributed by atoms with Gasteiger partial charge in [0.1, 0.15) is 5.75 Å². The van der Waals surface area contributed by atoms with Crippen LogP contribution in [0.25, 0.3) is 0 Å². The third kappa shape index (κ3) is 5.31. The quantitative estimate of drug-likeness (QED) is 0.744. The zero-order chi connectivity index (χ0) is 18.6. The average Bonchev–Trinajstić information content (AvgIpc) is 2.96. The van der Waals surface area contributed by atoms with Gasteiger partial charge in [0.2, 0.25) is 5.91 Å². The summed E-state index contributed by atoms with van der Waals surface area (Å²) in [6, 6.07) is 8.90. The molecule has 0 spiro atoms. The van der Waals surface area contributed by atoms with Crippen LogP contribution in [0.2, 0.25) is 0 Å². The summed E-state index contributed by atoms with van der Waals surface area (Å²) in [4.78, 5) is 11.8. The number of amides is 1. The van der Waals surface area contributed by atoms with Crippen molar-refractivity contribution in [2.45, 2.75) is 44.2 Å². The van der Waals surface area contributed by atoms with Crippen LogP contribution in [-0.4, -0.2) is 20.9 Å². The van der Waals surface area contributed by atoms with E-state index in [9.17, 15) is 13.2 Å². The molecule has 0 aliphatic heterocycles. The van der Waals surface area contributed by atoms with E-state index in [1.807, 2.05) is 32.9 Å². The van der Waals surface area contributed by atoms with E-state index >= 15 is 0 Å². The van der Waals surface area contributed by atoms with Crippen LogP contribution in [-0.2, 0) is 21.3 Å². The fraction of sp³-hybridized carbons (Fsp3) is 0.389. The molecular weight excluding hydrogens is 358 g/mol. The Bertz CT molecular complexity index is 854. The van der Waals surface area contributed by atoms with Crippen LogP contribution in [0.15, 0.2) is 34.5 Å². The van der Waals surface area contributed by atoms with Gasteiger partial charge in [-0.3, -0.25) is 4.79 Å². The van der Waals surface area contributed by atoms with E-state index < -0.39 is 10.1 Å². The Hall–Kier alpha value is -1.86. The molecule has 1 aromatic heterocycles. The Morgan fingerprint density at radius 3 is 2.60 bits per heavy atom. The van der Waals surface area contributed by atoms with Gasteiger partial charge in [0.25, 0.3) is 0 Å². The van der Waals surface area contributed by atoms with Crippen molar-refractivity contribution in [3.63, 3.8) is 0 Å². The van der Waals surface area contributed by atoms with E-state index in [1.54, 1.807) is 18.2 Å². The van der Waals surface area contributed by atoms with E-state index in [0.717, 1.165) is 27.3 Å². The molecule has 0 aliphatic carbocycles. The van der Waals surface area contributed by atoms with Crippen LogP contribution >= 0.6 is 11.3 Å². The van der Waals surface area contributed by atoms with Crippen molar-refractivity contribution >= 4 is 27.4 Å². The molecule has 0 saturated heterocycles. The second kappa shape index (κ2) is 8.01. The summed E-state index contributed by atoms with van der Waals surface area (Å²) in [5, 5.41) is 2.70. The minimum Gasteiger partial charge on any atom is -0.378 e. The smallest absolute Gasteiger partial charge is 0.348 e. The number of benzene rings is 1. The molecule has 1 amide bonds. The molecule has 2 aromatic rings. The Balaban J connectivity index is 2.19. The van der Waals surface area contributed by atoms with Crippen molar-refractivity contribution in [3.8, 4) is 5.75 Å². The van der Waals surface area contributed by atoms with Gasteiger partial charge in [-0.2, -0.15) is 8.42 Å². The third-order valence-electron chi connectivity index (χ3n) is 3.62. The van der Waals surface area contributed by atoms with E-state index in [1.165, 1.54) is 6.92 Å². The van der Waals surface area contributed by atoms with E-state index in [-0.39, 0.29) is 16.0 Å². The van der Waals surface area contributed by atoms with Gasteiger partial charge in [0.15, 0.2) is 4.21 Å². The molecule has 1 N–H and O–H groups in total. The molecule has 0 unspecified atom stereocenters. The molecule has 1 aromatic carbocycles. The van der Waals surface area contributed by atoms with Crippen molar-refractivity contribution in [2.75, 3.05) is 6.54 Å². The first-order valence-electron chi connectivity index (χ1n) is 8.07. The highest BCUT2D eigenvalue weighted by molar-refractivity contribution is 7.89. The Labute approximate surface area is 153 Å². The molecule has 0 radical (unpaired) electrons. The summed E-state index contributed by atoms with van der Waals surface area (Å²) in [6.07, 6.45) is 0.585. The van der Waals surface area contributed by atoms with Crippen molar-refractivity contribution in [3.05, 3.63) is 46.3 Å². The van der Waals surface area contributed by atoms with Crippen LogP contribution in [0.1, 0.15) is 42.7 Å². The number of carbonyl (C=O) groups is 1. The van der Waals surface area contributed by atoms with Gasteiger partial charge in [-0.25, -0.2) is 0 Å². The van der Waals surface area contributed by atoms with Crippen LogP contribution in [0.5, 0.6) is 5.75 Å². The minimum absolute atomic E-state index is 0.103. The van der Waals surface area contributed by atoms with Gasteiger partial charge in [-0.05, 0) is 48.6 Å². The summed E-state index contributed by atoms with van der Waals surface area (Å²) >= 11 is 1.16. The number of rotatable bonds is 7. The fourth-order valence-electron chi connectivity index (χ4n) is 2.34. The number of thiophene rings is 1. The SMILES string of the molecule is CC(=O)NCCc1ccc(S(=O)(=O)Oc2cc(C)ccc2C(C)C)s1. The molecule has 25 heavy (non-hydrogen) atoms. The lowest BCUT2D eigenvalue weighted by molar-refractivity contribution is -0.118. The zero-order valence-corrected chi connectivity index (χ0v) is 16.5. The maximum atomic E-state index is 12.6. The summed E-state index contributed by atoms with van der Waals surface area (Å²) < 4.78 is 30.8. The van der Waals surface area contributed by atoms with E-state index in [0.29, 0.717) is 18.7 Å². The molecule has 7 heteroatoms. The zero-order valence-electron chi connectivity index (χ0n) is 14.8. The molecule has 0 atom stereocenters. The van der Waals surface area contributed by atoms with Gasteiger partial charge in [-0.1, -0.05) is 26.0 Å². The second-order valence-corrected chi connectivity index (χ2v) is 9.13. The van der Waals surface area contributed by atoms with Crippen molar-refractivity contribution in [2.24, 2.45) is 0 Å². The topological polar surface area (TPSA) is 72.5 Å². The summed E-state index contributed by atoms with van der Waals surface area (Å²) in [6.45, 7) is 7.82.